The minimum Gasteiger partial charge on any atom is -0.362 e. The fourth-order valence-electron chi connectivity index (χ4n) is 2.39. The molecule has 0 saturated carbocycles. The molecule has 0 saturated heterocycles. The van der Waals surface area contributed by atoms with Gasteiger partial charge in [-0.15, -0.1) is 0 Å². The highest BCUT2D eigenvalue weighted by molar-refractivity contribution is 5.61. The van der Waals surface area contributed by atoms with E-state index in [1.807, 2.05) is 24.3 Å². The molecule has 114 valence electrons. The molecule has 4 nitrogen and oxygen atoms in total. The van der Waals surface area contributed by atoms with Crippen LogP contribution in [0.3, 0.4) is 0 Å². The Morgan fingerprint density at radius 1 is 1.18 bits per heavy atom. The van der Waals surface area contributed by atoms with E-state index in [2.05, 4.69) is 14.9 Å². The van der Waals surface area contributed by atoms with Crippen molar-refractivity contribution in [3.05, 3.63) is 59.8 Å². The minimum absolute atomic E-state index is 0.00163. The number of benzene rings is 1. The van der Waals surface area contributed by atoms with Crippen LogP contribution in [0.1, 0.15) is 11.3 Å². The number of nitrogens with zero attached hydrogens (tertiary/aromatic N) is 4. The monoisotopic (exact) mass is 302 g/mol. The third-order valence-electron chi connectivity index (χ3n) is 3.62. The highest BCUT2D eigenvalue weighted by Crippen LogP contribution is 2.25. The largest absolute Gasteiger partial charge is 0.362 e. The molecule has 0 bridgehead atoms. The molecule has 3 rings (SSSR count). The summed E-state index contributed by atoms with van der Waals surface area (Å²) in [6, 6.07) is 4.41. The fraction of sp³-hybridized carbons (Fsp3) is 0.250. The van der Waals surface area contributed by atoms with Crippen molar-refractivity contribution in [1.82, 2.24) is 19.8 Å². The Labute approximate surface area is 127 Å². The van der Waals surface area contributed by atoms with E-state index in [0.29, 0.717) is 12.2 Å². The second kappa shape index (κ2) is 5.71. The standard InChI is InChI=1S/C16H16F2N4/c1-11-14(17)4-3-13(16(11)18)15-7-12(19-9-20-15)8-22-6-5-21(2)10-22/h3-7,9H,8,10H2,1-2H3. The first-order valence-electron chi connectivity index (χ1n) is 6.93. The molecule has 0 atom stereocenters. The van der Waals surface area contributed by atoms with Crippen LogP contribution in [0.5, 0.6) is 0 Å². The van der Waals surface area contributed by atoms with Crippen molar-refractivity contribution >= 4 is 0 Å². The molecule has 0 spiro atoms. The lowest BCUT2D eigenvalue weighted by atomic mass is 10.1. The maximum Gasteiger partial charge on any atom is 0.138 e. The molecule has 0 unspecified atom stereocenters. The molecule has 2 heterocycles. The van der Waals surface area contributed by atoms with Crippen molar-refractivity contribution in [3.8, 4) is 11.3 Å². The van der Waals surface area contributed by atoms with Gasteiger partial charge in [-0.1, -0.05) is 0 Å². The zero-order valence-corrected chi connectivity index (χ0v) is 12.4. The molecular formula is C16H16F2N4. The van der Waals surface area contributed by atoms with E-state index in [9.17, 15) is 8.78 Å². The van der Waals surface area contributed by atoms with Crippen LogP contribution in [0.2, 0.25) is 0 Å². The summed E-state index contributed by atoms with van der Waals surface area (Å²) in [6.45, 7) is 2.81. The Hall–Kier alpha value is -2.50. The fourth-order valence-corrected chi connectivity index (χ4v) is 2.39. The van der Waals surface area contributed by atoms with Gasteiger partial charge in [0.25, 0.3) is 0 Å². The Morgan fingerprint density at radius 2 is 2.00 bits per heavy atom. The van der Waals surface area contributed by atoms with Crippen LogP contribution in [-0.2, 0) is 6.54 Å². The normalized spacial score (nSPS) is 14.0. The average Bonchev–Trinajstić information content (AvgIpc) is 2.90. The Bertz CT molecular complexity index is 730. The maximum absolute atomic E-state index is 14.2. The van der Waals surface area contributed by atoms with Crippen molar-refractivity contribution in [2.75, 3.05) is 13.7 Å². The number of aromatic nitrogens is 2. The first-order valence-corrected chi connectivity index (χ1v) is 6.93. The Balaban J connectivity index is 1.88. The Morgan fingerprint density at radius 3 is 2.73 bits per heavy atom. The van der Waals surface area contributed by atoms with Gasteiger partial charge in [0.2, 0.25) is 0 Å². The topological polar surface area (TPSA) is 32.3 Å². The van der Waals surface area contributed by atoms with Gasteiger partial charge in [0.15, 0.2) is 0 Å². The van der Waals surface area contributed by atoms with E-state index >= 15 is 0 Å². The minimum atomic E-state index is -0.578. The second-order valence-corrected chi connectivity index (χ2v) is 5.37. The van der Waals surface area contributed by atoms with Gasteiger partial charge in [0, 0.05) is 30.6 Å². The third kappa shape index (κ3) is 2.77. The molecule has 2 aromatic rings. The number of hydrogen-bond donors (Lipinski definition) is 0. The average molecular weight is 302 g/mol. The van der Waals surface area contributed by atoms with Gasteiger partial charge < -0.3 is 9.80 Å². The van der Waals surface area contributed by atoms with Gasteiger partial charge in [-0.2, -0.15) is 0 Å². The summed E-state index contributed by atoms with van der Waals surface area (Å²) < 4.78 is 27.6. The van der Waals surface area contributed by atoms with Crippen LogP contribution in [-0.4, -0.2) is 33.5 Å². The van der Waals surface area contributed by atoms with E-state index in [4.69, 9.17) is 0 Å². The Kier molecular flexibility index (Phi) is 3.75. The highest BCUT2D eigenvalue weighted by atomic mass is 19.1. The van der Waals surface area contributed by atoms with Gasteiger partial charge in [-0.25, -0.2) is 18.7 Å². The lowest BCUT2D eigenvalue weighted by Crippen LogP contribution is -2.22. The maximum atomic E-state index is 14.2. The van der Waals surface area contributed by atoms with Crippen LogP contribution in [0.25, 0.3) is 11.3 Å². The molecule has 0 amide bonds. The summed E-state index contributed by atoms with van der Waals surface area (Å²) in [5, 5.41) is 0. The predicted molar refractivity (Wildman–Crippen MR) is 79.4 cm³/mol. The number of halogens is 2. The molecule has 1 aliphatic heterocycles. The number of hydrogen-bond acceptors (Lipinski definition) is 4. The van der Waals surface area contributed by atoms with Crippen LogP contribution in [0.15, 0.2) is 36.9 Å². The lowest BCUT2D eigenvalue weighted by molar-refractivity contribution is 0.288. The van der Waals surface area contributed by atoms with E-state index in [0.717, 1.165) is 12.4 Å². The molecule has 22 heavy (non-hydrogen) atoms. The van der Waals surface area contributed by atoms with Crippen molar-refractivity contribution in [2.24, 2.45) is 0 Å². The molecule has 1 aromatic heterocycles. The van der Waals surface area contributed by atoms with Gasteiger partial charge >= 0.3 is 0 Å². The first kappa shape index (κ1) is 14.4. The van der Waals surface area contributed by atoms with Crippen LogP contribution < -0.4 is 0 Å². The van der Waals surface area contributed by atoms with Crippen molar-refractivity contribution in [1.29, 1.82) is 0 Å². The summed E-state index contributed by atoms with van der Waals surface area (Å²) in [7, 11) is 1.98. The van der Waals surface area contributed by atoms with Crippen molar-refractivity contribution < 1.29 is 8.78 Å². The quantitative estimate of drug-likeness (QED) is 0.872. The van der Waals surface area contributed by atoms with Gasteiger partial charge in [-0.3, -0.25) is 0 Å². The zero-order chi connectivity index (χ0) is 15.7. The summed E-state index contributed by atoms with van der Waals surface area (Å²) in [4.78, 5) is 12.5. The molecule has 0 radical (unpaired) electrons. The van der Waals surface area contributed by atoms with Gasteiger partial charge in [0.05, 0.1) is 24.6 Å². The lowest BCUT2D eigenvalue weighted by Gasteiger charge is -2.17. The predicted octanol–water partition coefficient (Wildman–Crippen LogP) is 2.91. The molecule has 0 fully saturated rings. The summed E-state index contributed by atoms with van der Waals surface area (Å²) >= 11 is 0. The van der Waals surface area contributed by atoms with Crippen LogP contribution >= 0.6 is 0 Å². The first-order chi connectivity index (χ1) is 10.5. The summed E-state index contributed by atoms with van der Waals surface area (Å²) in [5.41, 5.74) is 1.53. The second-order valence-electron chi connectivity index (χ2n) is 5.37. The van der Waals surface area contributed by atoms with Crippen molar-refractivity contribution in [2.45, 2.75) is 13.5 Å². The van der Waals surface area contributed by atoms with E-state index in [1.54, 1.807) is 6.07 Å². The SMILES string of the molecule is Cc1c(F)ccc(-c2cc(CN3C=CN(C)C3)ncn2)c1F. The van der Waals surface area contributed by atoms with Gasteiger partial charge in [0.1, 0.15) is 18.0 Å². The van der Waals surface area contributed by atoms with Crippen molar-refractivity contribution in [3.63, 3.8) is 0 Å². The molecule has 6 heteroatoms. The molecule has 0 N–H and O–H groups in total. The molecule has 1 aromatic carbocycles. The third-order valence-corrected chi connectivity index (χ3v) is 3.62. The van der Waals surface area contributed by atoms with E-state index in [-0.39, 0.29) is 11.1 Å². The van der Waals surface area contributed by atoms with Crippen LogP contribution in [0, 0.1) is 18.6 Å². The summed E-state index contributed by atoms with van der Waals surface area (Å²) in [6.07, 6.45) is 5.36. The smallest absolute Gasteiger partial charge is 0.138 e. The van der Waals surface area contributed by atoms with E-state index < -0.39 is 11.6 Å². The molecule has 1 aliphatic rings. The van der Waals surface area contributed by atoms with Crippen LogP contribution in [0.4, 0.5) is 8.78 Å². The zero-order valence-electron chi connectivity index (χ0n) is 12.4. The molecular weight excluding hydrogens is 286 g/mol. The summed E-state index contributed by atoms with van der Waals surface area (Å²) in [5.74, 6) is -1.13. The molecule has 0 aliphatic carbocycles. The van der Waals surface area contributed by atoms with E-state index in [1.165, 1.54) is 25.4 Å². The highest BCUT2D eigenvalue weighted by Gasteiger charge is 2.14. The number of rotatable bonds is 3. The van der Waals surface area contributed by atoms with Gasteiger partial charge in [-0.05, 0) is 25.1 Å².